The molecule has 4 aromatic carbocycles. The van der Waals surface area contributed by atoms with E-state index in [1.165, 1.54) is 21.2 Å². The van der Waals surface area contributed by atoms with E-state index >= 15 is 0 Å². The number of aryl methyl sites for hydroxylation is 1. The maximum atomic E-state index is 13.3. The number of carbonyl (C=O) groups is 4. The molecule has 0 unspecified atom stereocenters. The molecule has 1 aromatic heterocycles. The summed E-state index contributed by atoms with van der Waals surface area (Å²) in [5, 5.41) is 14.0. The number of H-pyrrole nitrogens is 1. The number of anilines is 4. The maximum absolute atomic E-state index is 13.3. The number of thioether (sulfide) groups is 1. The Morgan fingerprint density at radius 3 is 1.60 bits per heavy atom. The van der Waals surface area contributed by atoms with Crippen LogP contribution in [0.4, 0.5) is 22.9 Å². The van der Waals surface area contributed by atoms with Crippen molar-refractivity contribution < 1.29 is 42.6 Å². The first-order chi connectivity index (χ1) is 40.6. The Balaban J connectivity index is 0.908. The maximum Gasteiger partial charge on any atom is 0.275 e. The lowest BCUT2D eigenvalue weighted by Crippen LogP contribution is -2.50. The summed E-state index contributed by atoms with van der Waals surface area (Å²) in [6.45, 7) is 7.97. The van der Waals surface area contributed by atoms with Gasteiger partial charge < -0.3 is 54.4 Å². The molecule has 22 heteroatoms. The van der Waals surface area contributed by atoms with Crippen LogP contribution in [0.3, 0.4) is 0 Å². The number of quaternary nitrogens is 2. The van der Waals surface area contributed by atoms with Gasteiger partial charge >= 0.3 is 0 Å². The normalized spacial score (nSPS) is 13.3. The molecule has 0 aliphatic carbocycles. The highest BCUT2D eigenvalue weighted by Crippen LogP contribution is 2.50. The number of benzene rings is 4. The van der Waals surface area contributed by atoms with Gasteiger partial charge in [0, 0.05) is 123 Å². The van der Waals surface area contributed by atoms with Gasteiger partial charge in [-0.05, 0) is 90.7 Å². The molecule has 84 heavy (non-hydrogen) atoms. The van der Waals surface area contributed by atoms with E-state index in [-0.39, 0.29) is 76.1 Å². The molecule has 4 amide bonds. The van der Waals surface area contributed by atoms with E-state index in [0.717, 1.165) is 92.1 Å². The predicted molar refractivity (Wildman–Crippen MR) is 345 cm³/mol. The van der Waals surface area contributed by atoms with Gasteiger partial charge in [0.1, 0.15) is 17.0 Å². The second-order valence-corrected chi connectivity index (χ2v) is 24.9. The zero-order chi connectivity index (χ0) is 59.9. The Morgan fingerprint density at radius 2 is 1.10 bits per heavy atom. The van der Waals surface area contributed by atoms with E-state index in [4.69, 9.17) is 55.9 Å². The highest BCUT2D eigenvalue weighted by Gasteiger charge is 2.31. The van der Waals surface area contributed by atoms with Gasteiger partial charge in [-0.2, -0.15) is 0 Å². The molecule has 454 valence electrons. The number of para-hydroxylation sites is 2. The van der Waals surface area contributed by atoms with E-state index in [1.54, 1.807) is 0 Å². The standard InChI is InChI=1S/C62H81Cl4N11O6S/c1-76(2,43-57(78)67-28-30-69-59(80)45-82-51-20-16-49(17-21-51)72(35-24-63)36-25-64)39-9-32-74(56-41-48(53-13-5-6-14-54(53)71-56)42-61-75-34-8-12-47-11-7-15-55(84-61)62(47)75)33-10-40-77(3,4)44-58(79)68-29-31-70-60(81)46-83-52-22-18-50(19-23-52)73(37-26-65)38-27-66/h5-7,11,13-23,41-42H,8-10,12,24-40,43-46H2,1-4H3,(H2-2,67,68,69,70,78,79,80,81)/p+3/b61-42-. The fraction of sp³-hybridized carbons (Fsp3) is 0.468. The van der Waals surface area contributed by atoms with Gasteiger partial charge in [-0.3, -0.25) is 24.1 Å². The second kappa shape index (κ2) is 33.2. The Hall–Kier alpha value is -5.86. The number of nitrogens with one attached hydrogen (secondary N) is 5. The summed E-state index contributed by atoms with van der Waals surface area (Å²) >= 11 is 25.7. The lowest BCUT2D eigenvalue weighted by Gasteiger charge is -2.30. The van der Waals surface area contributed by atoms with Crippen molar-refractivity contribution in [3.8, 4) is 11.5 Å². The molecule has 7 rings (SSSR count). The Kier molecular flexibility index (Phi) is 25.9. The molecular weight excluding hydrogens is 1170 g/mol. The number of pyridine rings is 1. The minimum absolute atomic E-state index is 0.0975. The number of aromatic amines is 1. The van der Waals surface area contributed by atoms with Crippen molar-refractivity contribution in [1.29, 1.82) is 0 Å². The van der Waals surface area contributed by atoms with E-state index < -0.39 is 0 Å². The fourth-order valence-electron chi connectivity index (χ4n) is 10.5. The second-order valence-electron chi connectivity index (χ2n) is 22.3. The Labute approximate surface area is 520 Å². The Bertz CT molecular complexity index is 2850. The number of halogens is 4. The summed E-state index contributed by atoms with van der Waals surface area (Å²) in [5.41, 5.74) is 6.88. The monoisotopic (exact) mass is 1250 g/mol. The molecule has 5 aromatic rings. The molecule has 2 aliphatic heterocycles. The molecule has 2 aliphatic rings. The van der Waals surface area contributed by atoms with Crippen LogP contribution in [0.5, 0.6) is 11.5 Å². The van der Waals surface area contributed by atoms with Crippen molar-refractivity contribution in [3.63, 3.8) is 0 Å². The topological polar surface area (TPSA) is 162 Å². The SMILES string of the molecule is C[N+](C)(CCCN(CCC[N+](C)(C)CC(=O)NCCNC(=O)COc1ccc(N(CCCl)CCCl)cc1)c1cc(/C=C2\Sc3cccc4c3N2CCC4)c2ccccc2[nH+]1)CC(=O)NCCNC(=O)COc1ccc(N(CCCl)CCCl)cc1. The number of nitrogens with zero attached hydrogens (tertiary/aromatic N) is 6. The third-order valence-corrected chi connectivity index (χ3v) is 16.5. The van der Waals surface area contributed by atoms with Crippen molar-refractivity contribution in [2.75, 3.05) is 183 Å². The molecular formula is C62H84Cl4N11O6S+3. The minimum Gasteiger partial charge on any atom is -0.484 e. The lowest BCUT2D eigenvalue weighted by atomic mass is 10.0. The molecule has 0 bridgehead atoms. The van der Waals surface area contributed by atoms with E-state index in [9.17, 15) is 19.2 Å². The van der Waals surface area contributed by atoms with Gasteiger partial charge in [-0.25, -0.2) is 4.98 Å². The minimum atomic E-state index is -0.282. The number of amides is 4. The van der Waals surface area contributed by atoms with Crippen LogP contribution < -0.4 is 55.3 Å². The van der Waals surface area contributed by atoms with Crippen LogP contribution in [0, 0.1) is 0 Å². The Morgan fingerprint density at radius 1 is 0.607 bits per heavy atom. The zero-order valence-electron chi connectivity index (χ0n) is 49.0. The third kappa shape index (κ3) is 20.4. The molecule has 17 nitrogen and oxygen atoms in total. The molecule has 3 heterocycles. The largest absolute Gasteiger partial charge is 0.484 e. The van der Waals surface area contributed by atoms with Gasteiger partial charge in [-0.15, -0.1) is 46.4 Å². The van der Waals surface area contributed by atoms with Crippen LogP contribution >= 0.6 is 58.2 Å². The molecule has 0 saturated carbocycles. The first-order valence-corrected chi connectivity index (χ1v) is 31.9. The van der Waals surface area contributed by atoms with Crippen molar-refractivity contribution in [3.05, 3.63) is 113 Å². The van der Waals surface area contributed by atoms with E-state index in [1.807, 2.05) is 60.3 Å². The van der Waals surface area contributed by atoms with Crippen LogP contribution in [0.25, 0.3) is 17.0 Å². The highest BCUT2D eigenvalue weighted by atomic mass is 35.5. The van der Waals surface area contributed by atoms with Gasteiger partial charge in [-0.1, -0.05) is 42.1 Å². The smallest absolute Gasteiger partial charge is 0.275 e. The van der Waals surface area contributed by atoms with E-state index in [0.29, 0.717) is 70.2 Å². The van der Waals surface area contributed by atoms with Gasteiger partial charge in [0.25, 0.3) is 29.4 Å². The number of fused-ring (bicyclic) bond motifs is 1. The average molecular weight is 1250 g/mol. The summed E-state index contributed by atoms with van der Waals surface area (Å²) in [7, 11) is 8.26. The molecule has 0 spiro atoms. The van der Waals surface area contributed by atoms with Crippen molar-refractivity contribution >= 4 is 122 Å². The van der Waals surface area contributed by atoms with Crippen molar-refractivity contribution in [2.24, 2.45) is 0 Å². The van der Waals surface area contributed by atoms with Gasteiger partial charge in [0.2, 0.25) is 0 Å². The fourth-order valence-corrected chi connectivity index (χ4v) is 12.5. The first kappa shape index (κ1) is 65.7. The van der Waals surface area contributed by atoms with E-state index in [2.05, 4.69) is 129 Å². The zero-order valence-corrected chi connectivity index (χ0v) is 52.9. The number of hydrogen-bond acceptors (Lipinski definition) is 11. The number of ether oxygens (including phenoxy) is 2. The van der Waals surface area contributed by atoms with Crippen LogP contribution in [0.15, 0.2) is 107 Å². The van der Waals surface area contributed by atoms with Gasteiger partial charge in [0.05, 0.1) is 65.1 Å². The average Bonchev–Trinajstić information content (AvgIpc) is 1.84. The summed E-state index contributed by atoms with van der Waals surface area (Å²) in [6.07, 6.45) is 6.15. The molecule has 0 saturated heterocycles. The number of rotatable bonds is 36. The first-order valence-electron chi connectivity index (χ1n) is 29.0. The number of aromatic nitrogens is 1. The quantitative estimate of drug-likeness (QED) is 0.0179. The molecule has 5 N–H and O–H groups in total. The number of likely N-dealkylation sites (N-methyl/N-ethyl adjacent to an activating group) is 2. The summed E-state index contributed by atoms with van der Waals surface area (Å²) in [4.78, 5) is 66.0. The van der Waals surface area contributed by atoms with Crippen molar-refractivity contribution in [2.45, 2.75) is 30.6 Å². The molecule has 0 atom stereocenters. The molecule has 0 radical (unpaired) electrons. The van der Waals surface area contributed by atoms with Crippen LogP contribution in [0.2, 0.25) is 0 Å². The number of carbonyl (C=O) groups excluding carboxylic acids is 4. The summed E-state index contributed by atoms with van der Waals surface area (Å²) < 4.78 is 12.4. The van der Waals surface area contributed by atoms with Crippen molar-refractivity contribution in [1.82, 2.24) is 21.3 Å². The lowest BCUT2D eigenvalue weighted by molar-refractivity contribution is -0.882. The van der Waals surface area contributed by atoms with Gasteiger partial charge in [0.15, 0.2) is 26.3 Å². The van der Waals surface area contributed by atoms with Crippen LogP contribution in [-0.2, 0) is 25.6 Å². The molecule has 0 fully saturated rings. The predicted octanol–water partition coefficient (Wildman–Crippen LogP) is 7.44. The number of hydrogen-bond donors (Lipinski definition) is 4. The summed E-state index contributed by atoms with van der Waals surface area (Å²) in [6, 6.07) is 32.3. The van der Waals surface area contributed by atoms with Crippen LogP contribution in [-0.4, -0.2) is 196 Å². The van der Waals surface area contributed by atoms with Crippen LogP contribution in [0.1, 0.15) is 30.4 Å². The summed E-state index contributed by atoms with van der Waals surface area (Å²) in [5.74, 6) is 3.32. The number of alkyl halides is 4. The highest BCUT2D eigenvalue weighted by molar-refractivity contribution is 8.03. The third-order valence-electron chi connectivity index (χ3n) is 14.7.